The Morgan fingerprint density at radius 3 is 2.20 bits per heavy atom. The summed E-state index contributed by atoms with van der Waals surface area (Å²) in [6, 6.07) is 18.3. The standard InChI is InChI=1S/C21H26N2O2/c1-2-3-10-15-22-20(24)16-19(17-11-6-4-7-12-17)23-21(25)18-13-8-5-9-14-18/h4-9,11-14,19H,2-3,10,15-16H2,1H3,(H,22,24)(H,23,25). The summed E-state index contributed by atoms with van der Waals surface area (Å²) >= 11 is 0. The van der Waals surface area contributed by atoms with Crippen LogP contribution in [0.3, 0.4) is 0 Å². The average molecular weight is 338 g/mol. The molecule has 4 heteroatoms. The first-order valence-corrected chi connectivity index (χ1v) is 8.88. The lowest BCUT2D eigenvalue weighted by Crippen LogP contribution is -2.34. The second-order valence-electron chi connectivity index (χ2n) is 6.06. The topological polar surface area (TPSA) is 58.2 Å². The maximum absolute atomic E-state index is 12.5. The molecule has 2 N–H and O–H groups in total. The molecule has 0 aliphatic carbocycles. The zero-order chi connectivity index (χ0) is 17.9. The molecule has 1 unspecified atom stereocenters. The number of hydrogen-bond acceptors (Lipinski definition) is 2. The summed E-state index contributed by atoms with van der Waals surface area (Å²) in [5.41, 5.74) is 1.52. The van der Waals surface area contributed by atoms with Crippen LogP contribution in [0, 0.1) is 0 Å². The van der Waals surface area contributed by atoms with Gasteiger partial charge in [-0.15, -0.1) is 0 Å². The molecule has 0 aliphatic rings. The maximum atomic E-state index is 12.5. The van der Waals surface area contributed by atoms with Crippen molar-refractivity contribution < 1.29 is 9.59 Å². The van der Waals surface area contributed by atoms with E-state index in [0.717, 1.165) is 24.8 Å². The summed E-state index contributed by atoms with van der Waals surface area (Å²) in [6.45, 7) is 2.81. The van der Waals surface area contributed by atoms with E-state index in [1.165, 1.54) is 0 Å². The molecule has 0 bridgehead atoms. The number of nitrogens with one attached hydrogen (secondary N) is 2. The van der Waals surface area contributed by atoms with Gasteiger partial charge in [0.1, 0.15) is 0 Å². The van der Waals surface area contributed by atoms with Gasteiger partial charge in [-0.1, -0.05) is 68.3 Å². The summed E-state index contributed by atoms with van der Waals surface area (Å²) in [7, 11) is 0. The molecule has 0 fully saturated rings. The van der Waals surface area contributed by atoms with E-state index in [0.29, 0.717) is 12.1 Å². The molecule has 25 heavy (non-hydrogen) atoms. The van der Waals surface area contributed by atoms with Crippen LogP contribution in [0.5, 0.6) is 0 Å². The quantitative estimate of drug-likeness (QED) is 0.682. The Morgan fingerprint density at radius 1 is 0.920 bits per heavy atom. The second-order valence-corrected chi connectivity index (χ2v) is 6.06. The monoisotopic (exact) mass is 338 g/mol. The fourth-order valence-electron chi connectivity index (χ4n) is 2.63. The Labute approximate surface area is 149 Å². The first-order valence-electron chi connectivity index (χ1n) is 8.88. The van der Waals surface area contributed by atoms with Crippen molar-refractivity contribution in [1.82, 2.24) is 10.6 Å². The van der Waals surface area contributed by atoms with Crippen LogP contribution in [0.25, 0.3) is 0 Å². The van der Waals surface area contributed by atoms with E-state index < -0.39 is 0 Å². The van der Waals surface area contributed by atoms with Crippen molar-refractivity contribution in [3.63, 3.8) is 0 Å². The van der Waals surface area contributed by atoms with Crippen LogP contribution in [-0.4, -0.2) is 18.4 Å². The highest BCUT2D eigenvalue weighted by Crippen LogP contribution is 2.17. The Kier molecular flexibility index (Phi) is 7.70. The normalized spacial score (nSPS) is 11.6. The second kappa shape index (κ2) is 10.3. The van der Waals surface area contributed by atoms with Crippen molar-refractivity contribution in [3.8, 4) is 0 Å². The van der Waals surface area contributed by atoms with E-state index in [2.05, 4.69) is 17.6 Å². The predicted octanol–water partition coefficient (Wildman–Crippen LogP) is 3.85. The lowest BCUT2D eigenvalue weighted by Gasteiger charge is -2.19. The Balaban J connectivity index is 2.01. The third kappa shape index (κ3) is 6.42. The lowest BCUT2D eigenvalue weighted by molar-refractivity contribution is -0.121. The van der Waals surface area contributed by atoms with Crippen LogP contribution in [-0.2, 0) is 4.79 Å². The molecule has 0 saturated carbocycles. The van der Waals surface area contributed by atoms with Gasteiger partial charge in [0.05, 0.1) is 12.5 Å². The number of hydrogen-bond donors (Lipinski definition) is 2. The molecular weight excluding hydrogens is 312 g/mol. The summed E-state index contributed by atoms with van der Waals surface area (Å²) in [4.78, 5) is 24.7. The minimum Gasteiger partial charge on any atom is -0.356 e. The number of carbonyl (C=O) groups excluding carboxylic acids is 2. The molecule has 2 amide bonds. The molecule has 0 spiro atoms. The van der Waals surface area contributed by atoms with Crippen LogP contribution in [0.4, 0.5) is 0 Å². The van der Waals surface area contributed by atoms with Crippen molar-refractivity contribution >= 4 is 11.8 Å². The molecule has 1 atom stereocenters. The van der Waals surface area contributed by atoms with Crippen molar-refractivity contribution in [1.29, 1.82) is 0 Å². The molecule has 0 radical (unpaired) electrons. The van der Waals surface area contributed by atoms with Gasteiger partial charge in [-0.05, 0) is 24.1 Å². The zero-order valence-corrected chi connectivity index (χ0v) is 14.7. The first-order chi connectivity index (χ1) is 12.2. The van der Waals surface area contributed by atoms with Gasteiger partial charge in [0.25, 0.3) is 5.91 Å². The molecule has 132 valence electrons. The molecule has 2 rings (SSSR count). The zero-order valence-electron chi connectivity index (χ0n) is 14.7. The molecular formula is C21H26N2O2. The molecule has 2 aromatic carbocycles. The Morgan fingerprint density at radius 2 is 1.56 bits per heavy atom. The van der Waals surface area contributed by atoms with Gasteiger partial charge in [-0.2, -0.15) is 0 Å². The molecule has 2 aromatic rings. The summed E-state index contributed by atoms with van der Waals surface area (Å²) in [5.74, 6) is -0.216. The highest BCUT2D eigenvalue weighted by molar-refractivity contribution is 5.94. The van der Waals surface area contributed by atoms with Crippen LogP contribution in [0.15, 0.2) is 60.7 Å². The molecule has 0 heterocycles. The molecule has 4 nitrogen and oxygen atoms in total. The Bertz CT molecular complexity index is 656. The molecule has 0 aliphatic heterocycles. The number of unbranched alkanes of at least 4 members (excludes halogenated alkanes) is 2. The summed E-state index contributed by atoms with van der Waals surface area (Å²) < 4.78 is 0. The number of rotatable bonds is 9. The van der Waals surface area contributed by atoms with Crippen molar-refractivity contribution in [2.75, 3.05) is 6.54 Å². The van der Waals surface area contributed by atoms with Crippen LogP contribution < -0.4 is 10.6 Å². The highest BCUT2D eigenvalue weighted by atomic mass is 16.2. The van der Waals surface area contributed by atoms with Gasteiger partial charge in [0.2, 0.25) is 5.91 Å². The maximum Gasteiger partial charge on any atom is 0.251 e. The third-order valence-electron chi connectivity index (χ3n) is 4.04. The van der Waals surface area contributed by atoms with Gasteiger partial charge >= 0.3 is 0 Å². The van der Waals surface area contributed by atoms with Crippen molar-refractivity contribution in [2.24, 2.45) is 0 Å². The molecule has 0 aromatic heterocycles. The first kappa shape index (κ1) is 18.7. The number of amides is 2. The van der Waals surface area contributed by atoms with Crippen LogP contribution >= 0.6 is 0 Å². The predicted molar refractivity (Wildman–Crippen MR) is 100 cm³/mol. The van der Waals surface area contributed by atoms with Crippen LogP contribution in [0.2, 0.25) is 0 Å². The van der Waals surface area contributed by atoms with E-state index in [1.54, 1.807) is 12.1 Å². The fraction of sp³-hybridized carbons (Fsp3) is 0.333. The van der Waals surface area contributed by atoms with Crippen LogP contribution in [0.1, 0.15) is 54.6 Å². The lowest BCUT2D eigenvalue weighted by atomic mass is 10.0. The van der Waals surface area contributed by atoms with E-state index in [1.807, 2.05) is 48.5 Å². The van der Waals surface area contributed by atoms with E-state index in [-0.39, 0.29) is 24.3 Å². The highest BCUT2D eigenvalue weighted by Gasteiger charge is 2.18. The third-order valence-corrected chi connectivity index (χ3v) is 4.04. The van der Waals surface area contributed by atoms with Gasteiger partial charge in [-0.3, -0.25) is 9.59 Å². The van der Waals surface area contributed by atoms with Gasteiger partial charge in [-0.25, -0.2) is 0 Å². The average Bonchev–Trinajstić information content (AvgIpc) is 2.66. The van der Waals surface area contributed by atoms with Crippen molar-refractivity contribution in [3.05, 3.63) is 71.8 Å². The van der Waals surface area contributed by atoms with E-state index >= 15 is 0 Å². The summed E-state index contributed by atoms with van der Waals surface area (Å²) in [5, 5.41) is 5.92. The minimum absolute atomic E-state index is 0.0432. The van der Waals surface area contributed by atoms with Crippen molar-refractivity contribution in [2.45, 2.75) is 38.6 Å². The summed E-state index contributed by atoms with van der Waals surface area (Å²) in [6.07, 6.45) is 3.44. The largest absolute Gasteiger partial charge is 0.356 e. The number of carbonyl (C=O) groups is 2. The number of benzene rings is 2. The smallest absolute Gasteiger partial charge is 0.251 e. The molecule has 0 saturated heterocycles. The SMILES string of the molecule is CCCCCNC(=O)CC(NC(=O)c1ccccc1)c1ccccc1. The fourth-order valence-corrected chi connectivity index (χ4v) is 2.63. The Hall–Kier alpha value is -2.62. The van der Waals surface area contributed by atoms with Gasteiger partial charge in [0, 0.05) is 12.1 Å². The van der Waals surface area contributed by atoms with Gasteiger partial charge in [0.15, 0.2) is 0 Å². The van der Waals surface area contributed by atoms with Gasteiger partial charge < -0.3 is 10.6 Å². The van der Waals surface area contributed by atoms with E-state index in [9.17, 15) is 9.59 Å². The van der Waals surface area contributed by atoms with E-state index in [4.69, 9.17) is 0 Å². The minimum atomic E-state index is -0.347.